The van der Waals surface area contributed by atoms with E-state index in [1.165, 1.54) is 11.1 Å². The molecule has 0 saturated heterocycles. The standard InChI is InChI=1S/C20H23NO/c1-2-3-14-21-15-8-13-20(22)18-11-6-4-9-16(18)17-10-5-7-12-19(17)20/h2-7,9-12,21-22H,8,13-15H2,1H3/b3-2+. The predicted octanol–water partition coefficient (Wildman–Crippen LogP) is 3.85. The molecule has 0 heterocycles. The van der Waals surface area contributed by atoms with Crippen LogP contribution in [0, 0.1) is 0 Å². The van der Waals surface area contributed by atoms with Gasteiger partial charge in [0.15, 0.2) is 0 Å². The van der Waals surface area contributed by atoms with Crippen LogP contribution in [0.25, 0.3) is 11.1 Å². The first-order valence-corrected chi connectivity index (χ1v) is 8.01. The van der Waals surface area contributed by atoms with E-state index in [0.29, 0.717) is 0 Å². The maximum atomic E-state index is 11.4. The zero-order valence-corrected chi connectivity index (χ0v) is 13.0. The Morgan fingerprint density at radius 1 is 1.00 bits per heavy atom. The fourth-order valence-electron chi connectivity index (χ4n) is 3.34. The second-order valence-electron chi connectivity index (χ2n) is 5.83. The highest BCUT2D eigenvalue weighted by molar-refractivity contribution is 5.79. The first kappa shape index (κ1) is 15.0. The summed E-state index contributed by atoms with van der Waals surface area (Å²) in [6.07, 6.45) is 5.83. The molecular formula is C20H23NO. The van der Waals surface area contributed by atoms with Gasteiger partial charge in [0.25, 0.3) is 0 Å². The first-order valence-electron chi connectivity index (χ1n) is 8.01. The second-order valence-corrected chi connectivity index (χ2v) is 5.83. The Morgan fingerprint density at radius 3 is 2.18 bits per heavy atom. The van der Waals surface area contributed by atoms with Gasteiger partial charge in [-0.3, -0.25) is 0 Å². The molecule has 0 amide bonds. The van der Waals surface area contributed by atoms with Crippen LogP contribution in [0.2, 0.25) is 0 Å². The van der Waals surface area contributed by atoms with Crippen LogP contribution in [-0.2, 0) is 5.60 Å². The number of hydrogen-bond donors (Lipinski definition) is 2. The molecule has 114 valence electrons. The van der Waals surface area contributed by atoms with Crippen molar-refractivity contribution in [1.82, 2.24) is 5.32 Å². The molecule has 2 nitrogen and oxygen atoms in total. The minimum absolute atomic E-state index is 0.740. The molecule has 0 bridgehead atoms. The molecule has 0 fully saturated rings. The van der Waals surface area contributed by atoms with E-state index in [1.807, 2.05) is 37.3 Å². The Kier molecular flexibility index (Phi) is 4.41. The maximum absolute atomic E-state index is 11.4. The number of hydrogen-bond acceptors (Lipinski definition) is 2. The maximum Gasteiger partial charge on any atom is 0.116 e. The van der Waals surface area contributed by atoms with Crippen molar-refractivity contribution in [1.29, 1.82) is 0 Å². The van der Waals surface area contributed by atoms with Crippen molar-refractivity contribution in [2.45, 2.75) is 25.4 Å². The topological polar surface area (TPSA) is 32.3 Å². The van der Waals surface area contributed by atoms with Gasteiger partial charge in [0.05, 0.1) is 0 Å². The summed E-state index contributed by atoms with van der Waals surface area (Å²) >= 11 is 0. The molecule has 3 rings (SSSR count). The van der Waals surface area contributed by atoms with Gasteiger partial charge < -0.3 is 10.4 Å². The summed E-state index contributed by atoms with van der Waals surface area (Å²) in [5.41, 5.74) is 3.58. The van der Waals surface area contributed by atoms with Gasteiger partial charge >= 0.3 is 0 Å². The summed E-state index contributed by atoms with van der Waals surface area (Å²) in [6.45, 7) is 3.83. The van der Waals surface area contributed by atoms with Gasteiger partial charge in [-0.1, -0.05) is 60.7 Å². The Balaban J connectivity index is 1.80. The van der Waals surface area contributed by atoms with E-state index < -0.39 is 5.60 Å². The fraction of sp³-hybridized carbons (Fsp3) is 0.300. The van der Waals surface area contributed by atoms with E-state index in [-0.39, 0.29) is 0 Å². The van der Waals surface area contributed by atoms with Crippen molar-refractivity contribution in [3.63, 3.8) is 0 Å². The Bertz CT molecular complexity index is 629. The molecule has 0 aromatic heterocycles. The summed E-state index contributed by atoms with van der Waals surface area (Å²) in [7, 11) is 0. The summed E-state index contributed by atoms with van der Waals surface area (Å²) in [5.74, 6) is 0. The lowest BCUT2D eigenvalue weighted by Crippen LogP contribution is -2.26. The van der Waals surface area contributed by atoms with Crippen molar-refractivity contribution in [3.05, 3.63) is 71.8 Å². The molecule has 22 heavy (non-hydrogen) atoms. The molecule has 0 saturated carbocycles. The third kappa shape index (κ3) is 2.60. The van der Waals surface area contributed by atoms with Crippen LogP contribution in [0.1, 0.15) is 30.9 Å². The van der Waals surface area contributed by atoms with Crippen molar-refractivity contribution < 1.29 is 5.11 Å². The van der Waals surface area contributed by atoms with Gasteiger partial charge in [0.1, 0.15) is 5.60 Å². The third-order valence-corrected chi connectivity index (χ3v) is 4.43. The Morgan fingerprint density at radius 2 is 1.59 bits per heavy atom. The Labute approximate surface area is 132 Å². The average molecular weight is 293 g/mol. The molecule has 2 aromatic rings. The quantitative estimate of drug-likeness (QED) is 0.626. The molecule has 0 radical (unpaired) electrons. The fourth-order valence-corrected chi connectivity index (χ4v) is 3.34. The lowest BCUT2D eigenvalue weighted by Gasteiger charge is -2.26. The zero-order chi connectivity index (χ0) is 15.4. The van der Waals surface area contributed by atoms with Gasteiger partial charge in [0, 0.05) is 6.54 Å². The van der Waals surface area contributed by atoms with E-state index in [2.05, 4.69) is 35.7 Å². The van der Waals surface area contributed by atoms with Crippen LogP contribution in [0.4, 0.5) is 0 Å². The van der Waals surface area contributed by atoms with Crippen LogP contribution < -0.4 is 5.32 Å². The highest BCUT2D eigenvalue weighted by Gasteiger charge is 2.40. The number of nitrogens with one attached hydrogen (secondary N) is 1. The van der Waals surface area contributed by atoms with Gasteiger partial charge in [-0.05, 0) is 48.6 Å². The Hall–Kier alpha value is -1.90. The second kappa shape index (κ2) is 6.47. The molecule has 0 atom stereocenters. The van der Waals surface area contributed by atoms with Crippen molar-refractivity contribution >= 4 is 0 Å². The van der Waals surface area contributed by atoms with Crippen molar-refractivity contribution in [3.8, 4) is 11.1 Å². The van der Waals surface area contributed by atoms with Gasteiger partial charge in [0.2, 0.25) is 0 Å². The number of benzene rings is 2. The van der Waals surface area contributed by atoms with Crippen molar-refractivity contribution in [2.24, 2.45) is 0 Å². The molecule has 0 aliphatic heterocycles. The van der Waals surface area contributed by atoms with Gasteiger partial charge in [-0.2, -0.15) is 0 Å². The molecule has 0 spiro atoms. The highest BCUT2D eigenvalue weighted by atomic mass is 16.3. The number of fused-ring (bicyclic) bond motifs is 3. The molecule has 2 N–H and O–H groups in total. The monoisotopic (exact) mass is 293 g/mol. The summed E-state index contributed by atoms with van der Waals surface area (Å²) < 4.78 is 0. The minimum Gasteiger partial charge on any atom is -0.380 e. The minimum atomic E-state index is -0.852. The molecular weight excluding hydrogens is 270 g/mol. The third-order valence-electron chi connectivity index (χ3n) is 4.43. The molecule has 1 aliphatic rings. The summed E-state index contributed by atoms with van der Waals surface area (Å²) in [6, 6.07) is 16.4. The van der Waals surface area contributed by atoms with E-state index >= 15 is 0 Å². The van der Waals surface area contributed by atoms with E-state index in [4.69, 9.17) is 0 Å². The van der Waals surface area contributed by atoms with E-state index in [9.17, 15) is 5.11 Å². The van der Waals surface area contributed by atoms with Crippen molar-refractivity contribution in [2.75, 3.05) is 13.1 Å². The van der Waals surface area contributed by atoms with E-state index in [1.54, 1.807) is 0 Å². The largest absolute Gasteiger partial charge is 0.380 e. The average Bonchev–Trinajstić information content (AvgIpc) is 2.82. The molecule has 2 heteroatoms. The summed E-state index contributed by atoms with van der Waals surface area (Å²) in [5, 5.41) is 14.7. The van der Waals surface area contributed by atoms with Gasteiger partial charge in [-0.15, -0.1) is 0 Å². The van der Waals surface area contributed by atoms with Gasteiger partial charge in [-0.25, -0.2) is 0 Å². The van der Waals surface area contributed by atoms with Crippen LogP contribution in [0.15, 0.2) is 60.7 Å². The molecule has 0 unspecified atom stereocenters. The lowest BCUT2D eigenvalue weighted by molar-refractivity contribution is 0.0736. The van der Waals surface area contributed by atoms with Crippen LogP contribution in [0.3, 0.4) is 0 Å². The van der Waals surface area contributed by atoms with Crippen LogP contribution >= 0.6 is 0 Å². The first-order chi connectivity index (χ1) is 10.8. The normalized spacial score (nSPS) is 15.0. The predicted molar refractivity (Wildman–Crippen MR) is 91.8 cm³/mol. The number of allylic oxidation sites excluding steroid dienone is 1. The van der Waals surface area contributed by atoms with Crippen LogP contribution in [-0.4, -0.2) is 18.2 Å². The molecule has 2 aromatic carbocycles. The smallest absolute Gasteiger partial charge is 0.116 e. The van der Waals surface area contributed by atoms with Crippen LogP contribution in [0.5, 0.6) is 0 Å². The van der Waals surface area contributed by atoms with E-state index in [0.717, 1.165) is 37.1 Å². The highest BCUT2D eigenvalue weighted by Crippen LogP contribution is 2.49. The SMILES string of the molecule is C/C=C/CNCCCC1(O)c2ccccc2-c2ccccc21. The number of aliphatic hydroxyl groups is 1. The number of rotatable bonds is 6. The molecule has 1 aliphatic carbocycles. The summed E-state index contributed by atoms with van der Waals surface area (Å²) in [4.78, 5) is 0. The zero-order valence-electron chi connectivity index (χ0n) is 13.0. The lowest BCUT2D eigenvalue weighted by atomic mass is 9.87.